The van der Waals surface area contributed by atoms with E-state index in [0.29, 0.717) is 42.0 Å². The summed E-state index contributed by atoms with van der Waals surface area (Å²) in [4.78, 5) is 26.9. The molecular formula is C14H15Cl3N2O3. The molecule has 0 saturated carbocycles. The summed E-state index contributed by atoms with van der Waals surface area (Å²) in [7, 11) is 0. The van der Waals surface area contributed by atoms with Crippen LogP contribution in [0.5, 0.6) is 5.75 Å². The van der Waals surface area contributed by atoms with Crippen LogP contribution in [-0.4, -0.2) is 60.3 Å². The fourth-order valence-electron chi connectivity index (χ4n) is 2.11. The third-order valence-corrected chi connectivity index (χ3v) is 4.10. The fraction of sp³-hybridized carbons (Fsp3) is 0.429. The number of hydrogen-bond donors (Lipinski definition) is 0. The van der Waals surface area contributed by atoms with Crippen LogP contribution in [0.2, 0.25) is 10.0 Å². The third kappa shape index (κ3) is 4.41. The zero-order chi connectivity index (χ0) is 16.1. The molecule has 1 fully saturated rings. The van der Waals surface area contributed by atoms with Gasteiger partial charge in [0.1, 0.15) is 11.6 Å². The van der Waals surface area contributed by atoms with Gasteiger partial charge in [0.25, 0.3) is 5.91 Å². The normalized spacial score (nSPS) is 14.9. The standard InChI is InChI=1S/C14H15Cl3N2O3/c15-8-13(20)18-3-5-19(6-4-18)14(21)9-22-12-2-1-10(16)7-11(12)17/h1-2,7H,3-6,8-9H2. The van der Waals surface area contributed by atoms with Gasteiger partial charge in [-0.2, -0.15) is 0 Å². The van der Waals surface area contributed by atoms with Gasteiger partial charge < -0.3 is 14.5 Å². The van der Waals surface area contributed by atoms with Crippen molar-refractivity contribution >= 4 is 46.6 Å². The van der Waals surface area contributed by atoms with Crippen LogP contribution in [0.25, 0.3) is 0 Å². The van der Waals surface area contributed by atoms with E-state index in [4.69, 9.17) is 39.5 Å². The lowest BCUT2D eigenvalue weighted by atomic mass is 10.3. The molecule has 0 aliphatic carbocycles. The summed E-state index contributed by atoms with van der Waals surface area (Å²) in [6.45, 7) is 1.81. The highest BCUT2D eigenvalue weighted by atomic mass is 35.5. The molecule has 120 valence electrons. The lowest BCUT2D eigenvalue weighted by Crippen LogP contribution is -2.51. The van der Waals surface area contributed by atoms with E-state index in [9.17, 15) is 9.59 Å². The smallest absolute Gasteiger partial charge is 0.260 e. The molecule has 0 bridgehead atoms. The number of halogens is 3. The van der Waals surface area contributed by atoms with E-state index in [1.165, 1.54) is 0 Å². The summed E-state index contributed by atoms with van der Waals surface area (Å²) < 4.78 is 5.42. The second-order valence-electron chi connectivity index (χ2n) is 4.76. The van der Waals surface area contributed by atoms with Crippen LogP contribution in [0.1, 0.15) is 0 Å². The lowest BCUT2D eigenvalue weighted by molar-refractivity contribution is -0.139. The predicted octanol–water partition coefficient (Wildman–Crippen LogP) is 2.28. The Morgan fingerprint density at radius 1 is 1.05 bits per heavy atom. The molecule has 0 aromatic heterocycles. The van der Waals surface area contributed by atoms with E-state index in [0.717, 1.165) is 0 Å². The van der Waals surface area contributed by atoms with Crippen LogP contribution in [0.15, 0.2) is 18.2 Å². The minimum atomic E-state index is -0.149. The number of benzene rings is 1. The molecule has 0 unspecified atom stereocenters. The maximum Gasteiger partial charge on any atom is 0.260 e. The van der Waals surface area contributed by atoms with Crippen LogP contribution in [0.3, 0.4) is 0 Å². The number of rotatable bonds is 4. The van der Waals surface area contributed by atoms with Gasteiger partial charge in [-0.15, -0.1) is 11.6 Å². The van der Waals surface area contributed by atoms with Gasteiger partial charge >= 0.3 is 0 Å². The zero-order valence-electron chi connectivity index (χ0n) is 11.7. The molecule has 2 rings (SSSR count). The summed E-state index contributed by atoms with van der Waals surface area (Å²) in [6.07, 6.45) is 0. The number of piperazine rings is 1. The Morgan fingerprint density at radius 2 is 1.64 bits per heavy atom. The molecule has 2 amide bonds. The largest absolute Gasteiger partial charge is 0.482 e. The highest BCUT2D eigenvalue weighted by Crippen LogP contribution is 2.27. The minimum absolute atomic E-state index is 0.0356. The van der Waals surface area contributed by atoms with Crippen LogP contribution >= 0.6 is 34.8 Å². The van der Waals surface area contributed by atoms with Gasteiger partial charge in [-0.05, 0) is 18.2 Å². The van der Waals surface area contributed by atoms with Crippen molar-refractivity contribution in [3.05, 3.63) is 28.2 Å². The maximum absolute atomic E-state index is 12.1. The molecule has 0 atom stereocenters. The monoisotopic (exact) mass is 364 g/mol. The van der Waals surface area contributed by atoms with Crippen molar-refractivity contribution < 1.29 is 14.3 Å². The van der Waals surface area contributed by atoms with E-state index in [2.05, 4.69) is 0 Å². The summed E-state index contributed by atoms with van der Waals surface area (Å²) >= 11 is 17.3. The molecule has 1 aliphatic rings. The molecule has 1 aliphatic heterocycles. The molecule has 5 nitrogen and oxygen atoms in total. The van der Waals surface area contributed by atoms with Crippen LogP contribution < -0.4 is 4.74 Å². The zero-order valence-corrected chi connectivity index (χ0v) is 14.0. The SMILES string of the molecule is O=C(CCl)N1CCN(C(=O)COc2ccc(Cl)cc2Cl)CC1. The quantitative estimate of drug-likeness (QED) is 0.769. The second-order valence-corrected chi connectivity index (χ2v) is 5.87. The number of carbonyl (C=O) groups is 2. The van der Waals surface area contributed by atoms with Crippen molar-refractivity contribution in [2.24, 2.45) is 0 Å². The summed E-state index contributed by atoms with van der Waals surface area (Å²) in [5.74, 6) is 0.115. The molecule has 1 heterocycles. The first-order valence-electron chi connectivity index (χ1n) is 6.70. The van der Waals surface area contributed by atoms with Crippen LogP contribution in [0, 0.1) is 0 Å². The van der Waals surface area contributed by atoms with Crippen molar-refractivity contribution in [3.8, 4) is 5.75 Å². The van der Waals surface area contributed by atoms with E-state index in [1.807, 2.05) is 0 Å². The molecule has 0 N–H and O–H groups in total. The summed E-state index contributed by atoms with van der Waals surface area (Å²) in [6, 6.07) is 4.82. The highest BCUT2D eigenvalue weighted by molar-refractivity contribution is 6.35. The van der Waals surface area contributed by atoms with Crippen LogP contribution in [0.4, 0.5) is 0 Å². The molecule has 1 aromatic rings. The Balaban J connectivity index is 1.82. The van der Waals surface area contributed by atoms with Gasteiger partial charge in [0.05, 0.1) is 5.02 Å². The van der Waals surface area contributed by atoms with E-state index >= 15 is 0 Å². The number of ether oxygens (including phenoxy) is 1. The molecule has 0 radical (unpaired) electrons. The first-order chi connectivity index (χ1) is 10.5. The van der Waals surface area contributed by atoms with E-state index < -0.39 is 0 Å². The molecule has 0 spiro atoms. The van der Waals surface area contributed by atoms with Gasteiger partial charge in [-0.1, -0.05) is 23.2 Å². The van der Waals surface area contributed by atoms with Crippen LogP contribution in [-0.2, 0) is 9.59 Å². The van der Waals surface area contributed by atoms with Crippen molar-refractivity contribution in [1.82, 2.24) is 9.80 Å². The van der Waals surface area contributed by atoms with E-state index in [1.54, 1.807) is 28.0 Å². The summed E-state index contributed by atoms with van der Waals surface area (Å²) in [5.41, 5.74) is 0. The molecule has 1 aromatic carbocycles. The Kier molecular flexibility index (Phi) is 6.17. The topological polar surface area (TPSA) is 49.9 Å². The van der Waals surface area contributed by atoms with Crippen molar-refractivity contribution in [3.63, 3.8) is 0 Å². The Bertz CT molecular complexity index is 560. The number of alkyl halides is 1. The molecular weight excluding hydrogens is 351 g/mol. The Hall–Kier alpha value is -1.17. The number of carbonyl (C=O) groups excluding carboxylic acids is 2. The van der Waals surface area contributed by atoms with Crippen molar-refractivity contribution in [1.29, 1.82) is 0 Å². The Labute approximate surface area is 143 Å². The Morgan fingerprint density at radius 3 is 2.18 bits per heavy atom. The number of amides is 2. The molecule has 22 heavy (non-hydrogen) atoms. The minimum Gasteiger partial charge on any atom is -0.482 e. The molecule has 1 saturated heterocycles. The molecule has 8 heteroatoms. The third-order valence-electron chi connectivity index (χ3n) is 3.34. The van der Waals surface area contributed by atoms with Crippen molar-refractivity contribution in [2.45, 2.75) is 0 Å². The number of hydrogen-bond acceptors (Lipinski definition) is 3. The van der Waals surface area contributed by atoms with Gasteiger partial charge in [-0.3, -0.25) is 9.59 Å². The lowest BCUT2D eigenvalue weighted by Gasteiger charge is -2.34. The van der Waals surface area contributed by atoms with Gasteiger partial charge in [0.15, 0.2) is 6.61 Å². The fourth-order valence-corrected chi connectivity index (χ4v) is 2.74. The predicted molar refractivity (Wildman–Crippen MR) is 85.8 cm³/mol. The average molecular weight is 366 g/mol. The van der Waals surface area contributed by atoms with Gasteiger partial charge in [0, 0.05) is 31.2 Å². The second kappa shape index (κ2) is 7.90. The van der Waals surface area contributed by atoms with Gasteiger partial charge in [0.2, 0.25) is 5.91 Å². The first kappa shape index (κ1) is 17.2. The number of nitrogens with zero attached hydrogens (tertiary/aromatic N) is 2. The first-order valence-corrected chi connectivity index (χ1v) is 7.99. The van der Waals surface area contributed by atoms with Gasteiger partial charge in [-0.25, -0.2) is 0 Å². The van der Waals surface area contributed by atoms with Crippen molar-refractivity contribution in [2.75, 3.05) is 38.7 Å². The summed E-state index contributed by atoms with van der Waals surface area (Å²) in [5, 5.41) is 0.863. The highest BCUT2D eigenvalue weighted by Gasteiger charge is 2.23. The van der Waals surface area contributed by atoms with E-state index in [-0.39, 0.29) is 24.3 Å². The maximum atomic E-state index is 12.1. The average Bonchev–Trinajstić information content (AvgIpc) is 2.53.